The number of carbonyl (C=O) groups is 1. The van der Waals surface area contributed by atoms with Crippen LogP contribution in [-0.2, 0) is 6.54 Å². The molecule has 0 amide bonds. The van der Waals surface area contributed by atoms with Gasteiger partial charge in [0.25, 0.3) is 11.5 Å². The molecule has 0 bridgehead atoms. The Morgan fingerprint density at radius 3 is 2.93 bits per heavy atom. The van der Waals surface area contributed by atoms with E-state index < -0.39 is 0 Å². The summed E-state index contributed by atoms with van der Waals surface area (Å²) < 4.78 is 6.90. The molecule has 0 fully saturated rings. The number of thiophene rings is 1. The average molecular weight is 401 g/mol. The molecule has 27 heavy (non-hydrogen) atoms. The zero-order valence-electron chi connectivity index (χ0n) is 13.8. The summed E-state index contributed by atoms with van der Waals surface area (Å²) in [6, 6.07) is 10.3. The van der Waals surface area contributed by atoms with Crippen LogP contribution in [0.5, 0.6) is 0 Å². The van der Waals surface area contributed by atoms with Gasteiger partial charge in [-0.05, 0) is 30.3 Å². The Balaban J connectivity index is 1.72. The monoisotopic (exact) mass is 400 g/mol. The molecule has 9 heteroatoms. The molecule has 0 atom stereocenters. The lowest BCUT2D eigenvalue weighted by atomic mass is 10.2. The molecule has 136 valence electrons. The molecule has 7 nitrogen and oxygen atoms in total. The van der Waals surface area contributed by atoms with Gasteiger partial charge in [-0.2, -0.15) is 9.78 Å². The zero-order valence-corrected chi connectivity index (χ0v) is 15.4. The number of H-pyrrole nitrogens is 1. The topological polar surface area (TPSA) is 92.9 Å². The molecule has 0 aliphatic heterocycles. The molecule has 0 radical (unpaired) electrons. The first-order valence-corrected chi connectivity index (χ1v) is 9.14. The Hall–Kier alpha value is -3.10. The van der Waals surface area contributed by atoms with Gasteiger partial charge in [0, 0.05) is 17.1 Å². The molecule has 0 aromatic carbocycles. The van der Waals surface area contributed by atoms with Crippen LogP contribution in [0.2, 0.25) is 4.34 Å². The van der Waals surface area contributed by atoms with Crippen LogP contribution in [-0.4, -0.2) is 20.7 Å². The third kappa shape index (κ3) is 3.57. The normalized spacial score (nSPS) is 10.9. The molecule has 0 aliphatic rings. The lowest BCUT2D eigenvalue weighted by Crippen LogP contribution is -2.16. The highest BCUT2D eigenvalue weighted by molar-refractivity contribution is 7.16. The molecule has 4 rings (SSSR count). The molecule has 2 N–H and O–H groups in total. The van der Waals surface area contributed by atoms with Gasteiger partial charge in [0.15, 0.2) is 0 Å². The first-order chi connectivity index (χ1) is 13.1. The van der Waals surface area contributed by atoms with Gasteiger partial charge in [-0.15, -0.1) is 11.3 Å². The smallest absolute Gasteiger partial charge is 0.283 e. The highest BCUT2D eigenvalue weighted by Gasteiger charge is 2.19. The van der Waals surface area contributed by atoms with Gasteiger partial charge in [0.1, 0.15) is 17.8 Å². The average Bonchev–Trinajstić information content (AvgIpc) is 3.41. The van der Waals surface area contributed by atoms with E-state index in [1.165, 1.54) is 28.5 Å². The van der Waals surface area contributed by atoms with E-state index in [1.54, 1.807) is 30.5 Å². The third-order valence-electron chi connectivity index (χ3n) is 3.84. The van der Waals surface area contributed by atoms with Crippen LogP contribution in [0.3, 0.4) is 0 Å². The fourth-order valence-electron chi connectivity index (χ4n) is 2.55. The molecule has 4 heterocycles. The van der Waals surface area contributed by atoms with E-state index in [-0.39, 0.29) is 11.5 Å². The fourth-order valence-corrected chi connectivity index (χ4v) is 3.58. The molecular weight excluding hydrogens is 388 g/mol. The van der Waals surface area contributed by atoms with Crippen molar-refractivity contribution in [3.8, 4) is 11.3 Å². The minimum atomic E-state index is -0.367. The van der Waals surface area contributed by atoms with Gasteiger partial charge in [-0.25, -0.2) is 0 Å². The molecule has 0 spiro atoms. The number of hydrogen-bond acceptors (Lipinski definition) is 6. The number of nitrogens with zero attached hydrogens (tertiary/aromatic N) is 2. The molecule has 0 saturated carbocycles. The molecular formula is C18H13ClN4O3S. The van der Waals surface area contributed by atoms with Crippen LogP contribution in [0.4, 0.5) is 5.82 Å². The Kier molecular flexibility index (Phi) is 4.66. The van der Waals surface area contributed by atoms with E-state index in [2.05, 4.69) is 15.4 Å². The quantitative estimate of drug-likeness (QED) is 0.530. The van der Waals surface area contributed by atoms with Crippen molar-refractivity contribution >= 4 is 34.7 Å². The SMILES string of the molecule is O=C(c1ccoc1)n1nc(-c2ccc[nH]c2=O)cc1NCc1ccc(Cl)s1. The van der Waals surface area contributed by atoms with Crippen LogP contribution < -0.4 is 10.9 Å². The van der Waals surface area contributed by atoms with E-state index in [1.807, 2.05) is 12.1 Å². The van der Waals surface area contributed by atoms with Gasteiger partial charge >= 0.3 is 0 Å². The number of carbonyl (C=O) groups excluding carboxylic acids is 1. The minimum Gasteiger partial charge on any atom is -0.472 e. The Labute approximate surface area is 162 Å². The Morgan fingerprint density at radius 1 is 1.33 bits per heavy atom. The Morgan fingerprint density at radius 2 is 2.22 bits per heavy atom. The van der Waals surface area contributed by atoms with Gasteiger partial charge in [-0.3, -0.25) is 9.59 Å². The number of aromatic amines is 1. The van der Waals surface area contributed by atoms with Crippen molar-refractivity contribution in [1.82, 2.24) is 14.8 Å². The molecule has 4 aromatic heterocycles. The number of rotatable bonds is 5. The van der Waals surface area contributed by atoms with E-state index in [0.717, 1.165) is 4.88 Å². The number of nitrogens with one attached hydrogen (secondary N) is 2. The summed E-state index contributed by atoms with van der Waals surface area (Å²) >= 11 is 7.41. The second kappa shape index (κ2) is 7.26. The summed E-state index contributed by atoms with van der Waals surface area (Å²) in [7, 11) is 0. The summed E-state index contributed by atoms with van der Waals surface area (Å²) in [6.07, 6.45) is 4.31. The number of anilines is 1. The van der Waals surface area contributed by atoms with Crippen LogP contribution in [0.25, 0.3) is 11.3 Å². The highest BCUT2D eigenvalue weighted by Crippen LogP contribution is 2.24. The largest absolute Gasteiger partial charge is 0.472 e. The maximum atomic E-state index is 12.8. The number of furan rings is 1. The lowest BCUT2D eigenvalue weighted by Gasteiger charge is -2.06. The summed E-state index contributed by atoms with van der Waals surface area (Å²) in [5.41, 5.74) is 0.835. The van der Waals surface area contributed by atoms with Crippen molar-refractivity contribution in [3.63, 3.8) is 0 Å². The predicted molar refractivity (Wildman–Crippen MR) is 103 cm³/mol. The molecule has 4 aromatic rings. The summed E-state index contributed by atoms with van der Waals surface area (Å²) in [6.45, 7) is 0.465. The van der Waals surface area contributed by atoms with Gasteiger partial charge in [0.05, 0.1) is 28.3 Å². The predicted octanol–water partition coefficient (Wildman–Crippen LogP) is 3.85. The minimum absolute atomic E-state index is 0.283. The second-order valence-electron chi connectivity index (χ2n) is 5.62. The van der Waals surface area contributed by atoms with Gasteiger partial charge < -0.3 is 14.7 Å². The Bertz CT molecular complexity index is 1140. The summed E-state index contributed by atoms with van der Waals surface area (Å²) in [5.74, 6) is 0.0954. The van der Waals surface area contributed by atoms with Crippen molar-refractivity contribution in [1.29, 1.82) is 0 Å². The molecule has 0 unspecified atom stereocenters. The number of aromatic nitrogens is 3. The van der Waals surface area contributed by atoms with Gasteiger partial charge in [-0.1, -0.05) is 11.6 Å². The fraction of sp³-hybridized carbons (Fsp3) is 0.0556. The first kappa shape index (κ1) is 17.3. The number of pyridine rings is 1. The van der Waals surface area contributed by atoms with Crippen molar-refractivity contribution in [3.05, 3.63) is 80.3 Å². The second-order valence-corrected chi connectivity index (χ2v) is 7.42. The first-order valence-electron chi connectivity index (χ1n) is 7.95. The standard InChI is InChI=1S/C18H13ClN4O3S/c19-15-4-3-12(27-15)9-21-16-8-14(13-2-1-6-20-17(13)24)22-23(16)18(25)11-5-7-26-10-11/h1-8,10,21H,9H2,(H,20,24). The number of hydrogen-bond donors (Lipinski definition) is 2. The summed E-state index contributed by atoms with van der Waals surface area (Å²) in [4.78, 5) is 28.5. The van der Waals surface area contributed by atoms with Crippen molar-refractivity contribution in [2.45, 2.75) is 6.54 Å². The van der Waals surface area contributed by atoms with Crippen LogP contribution in [0.1, 0.15) is 15.2 Å². The van der Waals surface area contributed by atoms with E-state index in [9.17, 15) is 9.59 Å². The molecule has 0 saturated heterocycles. The van der Waals surface area contributed by atoms with E-state index >= 15 is 0 Å². The van der Waals surface area contributed by atoms with Crippen LogP contribution in [0.15, 0.2) is 64.3 Å². The third-order valence-corrected chi connectivity index (χ3v) is 5.07. The van der Waals surface area contributed by atoms with Crippen molar-refractivity contribution in [2.75, 3.05) is 5.32 Å². The van der Waals surface area contributed by atoms with Gasteiger partial charge in [0.2, 0.25) is 0 Å². The zero-order chi connectivity index (χ0) is 18.8. The molecule has 0 aliphatic carbocycles. The van der Waals surface area contributed by atoms with Crippen LogP contribution in [0, 0.1) is 0 Å². The van der Waals surface area contributed by atoms with E-state index in [4.69, 9.17) is 16.0 Å². The highest BCUT2D eigenvalue weighted by atomic mass is 35.5. The van der Waals surface area contributed by atoms with Crippen molar-refractivity contribution in [2.24, 2.45) is 0 Å². The lowest BCUT2D eigenvalue weighted by molar-refractivity contribution is 0.0947. The maximum absolute atomic E-state index is 12.8. The maximum Gasteiger partial charge on any atom is 0.283 e. The van der Waals surface area contributed by atoms with E-state index in [0.29, 0.717) is 33.5 Å². The summed E-state index contributed by atoms with van der Waals surface area (Å²) in [5, 5.41) is 7.52. The van der Waals surface area contributed by atoms with Crippen LogP contribution >= 0.6 is 22.9 Å². The van der Waals surface area contributed by atoms with Crippen molar-refractivity contribution < 1.29 is 9.21 Å². The number of halogens is 1.